The molecule has 7 heteroatoms. The van der Waals surface area contributed by atoms with Crippen LogP contribution in [-0.2, 0) is 16.7 Å². The van der Waals surface area contributed by atoms with E-state index in [9.17, 15) is 0 Å². The molecule has 0 spiro atoms. The molecule has 1 N–H and O–H groups in total. The predicted molar refractivity (Wildman–Crippen MR) is 109 cm³/mol. The third-order valence-electron chi connectivity index (χ3n) is 5.48. The SMILES string of the molecule is CC1(C(NC(Cc2ccccc2)c2ccco2)c2nnnn2C(C)(C)C)COC1. The van der Waals surface area contributed by atoms with Gasteiger partial charge >= 0.3 is 0 Å². The molecule has 1 fully saturated rings. The van der Waals surface area contributed by atoms with Crippen LogP contribution in [0.4, 0.5) is 0 Å². The molecule has 2 unspecified atom stereocenters. The number of hydrogen-bond acceptors (Lipinski definition) is 6. The molecular weight excluding hydrogens is 366 g/mol. The van der Waals surface area contributed by atoms with Gasteiger partial charge in [0, 0.05) is 5.41 Å². The number of hydrogen-bond donors (Lipinski definition) is 1. The lowest BCUT2D eigenvalue weighted by molar-refractivity contribution is -0.126. The second-order valence-corrected chi connectivity index (χ2v) is 9.12. The van der Waals surface area contributed by atoms with E-state index in [1.807, 2.05) is 22.9 Å². The monoisotopic (exact) mass is 395 g/mol. The molecule has 3 aromatic rings. The molecule has 1 aromatic carbocycles. The molecule has 154 valence electrons. The molecule has 3 heterocycles. The molecular formula is C22H29N5O2. The van der Waals surface area contributed by atoms with E-state index in [1.165, 1.54) is 5.56 Å². The van der Waals surface area contributed by atoms with Gasteiger partial charge in [-0.2, -0.15) is 0 Å². The number of rotatable bonds is 7. The fourth-order valence-corrected chi connectivity index (χ4v) is 3.81. The third-order valence-corrected chi connectivity index (χ3v) is 5.48. The lowest BCUT2D eigenvalue weighted by Gasteiger charge is -2.45. The van der Waals surface area contributed by atoms with Gasteiger partial charge in [0.2, 0.25) is 0 Å². The minimum absolute atomic E-state index is 0.0139. The van der Waals surface area contributed by atoms with Crippen LogP contribution in [-0.4, -0.2) is 33.4 Å². The molecule has 0 radical (unpaired) electrons. The van der Waals surface area contributed by atoms with Crippen LogP contribution in [0.3, 0.4) is 0 Å². The molecule has 0 saturated carbocycles. The topological polar surface area (TPSA) is 78.0 Å². The maximum absolute atomic E-state index is 5.80. The van der Waals surface area contributed by atoms with Crippen LogP contribution in [0.25, 0.3) is 0 Å². The summed E-state index contributed by atoms with van der Waals surface area (Å²) in [5, 5.41) is 16.5. The molecule has 7 nitrogen and oxygen atoms in total. The van der Waals surface area contributed by atoms with Crippen LogP contribution >= 0.6 is 0 Å². The quantitative estimate of drug-likeness (QED) is 0.658. The zero-order valence-corrected chi connectivity index (χ0v) is 17.5. The van der Waals surface area contributed by atoms with Crippen molar-refractivity contribution in [3.63, 3.8) is 0 Å². The Kier molecular flexibility index (Phi) is 5.27. The number of nitrogens with one attached hydrogen (secondary N) is 1. The summed E-state index contributed by atoms with van der Waals surface area (Å²) in [6.07, 6.45) is 2.52. The second kappa shape index (κ2) is 7.72. The molecule has 0 bridgehead atoms. The first-order valence-corrected chi connectivity index (χ1v) is 10.1. The summed E-state index contributed by atoms with van der Waals surface area (Å²) in [6.45, 7) is 9.87. The summed E-state index contributed by atoms with van der Waals surface area (Å²) in [4.78, 5) is 0. The van der Waals surface area contributed by atoms with Gasteiger partial charge in [0.05, 0.1) is 37.1 Å². The van der Waals surface area contributed by atoms with Crippen molar-refractivity contribution >= 4 is 0 Å². The molecule has 1 aliphatic heterocycles. The van der Waals surface area contributed by atoms with Crippen molar-refractivity contribution in [2.45, 2.75) is 51.7 Å². The van der Waals surface area contributed by atoms with E-state index in [0.29, 0.717) is 13.2 Å². The van der Waals surface area contributed by atoms with E-state index in [0.717, 1.165) is 18.0 Å². The Bertz CT molecular complexity index is 910. The molecule has 1 aliphatic rings. The lowest BCUT2D eigenvalue weighted by Crippen LogP contribution is -2.52. The highest BCUT2D eigenvalue weighted by atomic mass is 16.5. The molecule has 0 aliphatic carbocycles. The Balaban J connectivity index is 1.69. The maximum Gasteiger partial charge on any atom is 0.169 e. The van der Waals surface area contributed by atoms with E-state index in [4.69, 9.17) is 9.15 Å². The zero-order valence-electron chi connectivity index (χ0n) is 17.5. The van der Waals surface area contributed by atoms with Gasteiger partial charge in [-0.05, 0) is 55.3 Å². The fourth-order valence-electron chi connectivity index (χ4n) is 3.81. The summed E-state index contributed by atoms with van der Waals surface area (Å²) >= 11 is 0. The number of benzene rings is 1. The van der Waals surface area contributed by atoms with Gasteiger partial charge in [0.15, 0.2) is 5.82 Å². The zero-order chi connectivity index (χ0) is 20.5. The Hall–Kier alpha value is -2.51. The van der Waals surface area contributed by atoms with E-state index in [1.54, 1.807) is 6.26 Å². The number of tetrazole rings is 1. The van der Waals surface area contributed by atoms with Gasteiger partial charge in [-0.25, -0.2) is 4.68 Å². The maximum atomic E-state index is 5.80. The van der Waals surface area contributed by atoms with Crippen molar-refractivity contribution in [1.82, 2.24) is 25.5 Å². The van der Waals surface area contributed by atoms with Crippen LogP contribution in [0.5, 0.6) is 0 Å². The first kappa shape index (κ1) is 19.8. The van der Waals surface area contributed by atoms with Crippen molar-refractivity contribution in [3.05, 3.63) is 65.9 Å². The van der Waals surface area contributed by atoms with Gasteiger partial charge in [-0.15, -0.1) is 5.10 Å². The molecule has 29 heavy (non-hydrogen) atoms. The summed E-state index contributed by atoms with van der Waals surface area (Å²) in [5.74, 6) is 1.73. The Labute approximate surface area is 171 Å². The lowest BCUT2D eigenvalue weighted by atomic mass is 9.79. The molecule has 4 rings (SSSR count). The normalized spacial score (nSPS) is 18.2. The average molecular weight is 396 g/mol. The van der Waals surface area contributed by atoms with Gasteiger partial charge in [-0.1, -0.05) is 37.3 Å². The van der Waals surface area contributed by atoms with Gasteiger partial charge < -0.3 is 9.15 Å². The highest BCUT2D eigenvalue weighted by Gasteiger charge is 2.46. The molecule has 2 atom stereocenters. The van der Waals surface area contributed by atoms with Gasteiger partial charge in [0.1, 0.15) is 5.76 Å². The standard InChI is InChI=1S/C22H29N5O2/c1-21(2,3)27-20(24-25-26-27)19(22(4)14-28-15-22)23-17(18-11-8-12-29-18)13-16-9-6-5-7-10-16/h5-12,17,19,23H,13-15H2,1-4H3. The van der Waals surface area contributed by atoms with Gasteiger partial charge in [-0.3, -0.25) is 5.32 Å². The van der Waals surface area contributed by atoms with Crippen LogP contribution in [0.15, 0.2) is 53.1 Å². The van der Waals surface area contributed by atoms with E-state index >= 15 is 0 Å². The van der Waals surface area contributed by atoms with E-state index in [2.05, 4.69) is 72.8 Å². The number of ether oxygens (including phenoxy) is 1. The van der Waals surface area contributed by atoms with Crippen molar-refractivity contribution in [3.8, 4) is 0 Å². The number of aromatic nitrogens is 4. The highest BCUT2D eigenvalue weighted by Crippen LogP contribution is 2.42. The second-order valence-electron chi connectivity index (χ2n) is 9.12. The van der Waals surface area contributed by atoms with Crippen LogP contribution in [0.1, 0.15) is 56.9 Å². The summed E-state index contributed by atoms with van der Waals surface area (Å²) in [7, 11) is 0. The average Bonchev–Trinajstić information content (AvgIpc) is 3.35. The van der Waals surface area contributed by atoms with Gasteiger partial charge in [0.25, 0.3) is 0 Å². The Morgan fingerprint density at radius 2 is 1.90 bits per heavy atom. The minimum Gasteiger partial charge on any atom is -0.468 e. The highest BCUT2D eigenvalue weighted by molar-refractivity contribution is 5.19. The Morgan fingerprint density at radius 3 is 2.48 bits per heavy atom. The molecule has 2 aromatic heterocycles. The summed E-state index contributed by atoms with van der Waals surface area (Å²) in [6, 6.07) is 14.3. The smallest absolute Gasteiger partial charge is 0.169 e. The number of furan rings is 1. The van der Waals surface area contributed by atoms with E-state index in [-0.39, 0.29) is 23.0 Å². The van der Waals surface area contributed by atoms with Crippen LogP contribution in [0.2, 0.25) is 0 Å². The largest absolute Gasteiger partial charge is 0.468 e. The third kappa shape index (κ3) is 4.11. The van der Waals surface area contributed by atoms with Crippen molar-refractivity contribution < 1.29 is 9.15 Å². The van der Waals surface area contributed by atoms with Crippen LogP contribution in [0, 0.1) is 5.41 Å². The predicted octanol–water partition coefficient (Wildman–Crippen LogP) is 3.67. The van der Waals surface area contributed by atoms with Crippen molar-refractivity contribution in [2.24, 2.45) is 5.41 Å². The molecule has 1 saturated heterocycles. The summed E-state index contributed by atoms with van der Waals surface area (Å²) < 4.78 is 13.3. The van der Waals surface area contributed by atoms with E-state index < -0.39 is 0 Å². The minimum atomic E-state index is -0.223. The summed E-state index contributed by atoms with van der Waals surface area (Å²) in [5.41, 5.74) is 0.920. The fraction of sp³-hybridized carbons (Fsp3) is 0.500. The first-order valence-electron chi connectivity index (χ1n) is 10.1. The van der Waals surface area contributed by atoms with Crippen LogP contribution < -0.4 is 5.32 Å². The molecule has 0 amide bonds. The Morgan fingerprint density at radius 1 is 1.14 bits per heavy atom. The van der Waals surface area contributed by atoms with Crippen molar-refractivity contribution in [1.29, 1.82) is 0 Å². The first-order chi connectivity index (χ1) is 13.9. The number of nitrogens with zero attached hydrogens (tertiary/aromatic N) is 4. The van der Waals surface area contributed by atoms with Crippen molar-refractivity contribution in [2.75, 3.05) is 13.2 Å².